The molecule has 0 saturated heterocycles. The first-order valence-electron chi connectivity index (χ1n) is 9.11. The van der Waals surface area contributed by atoms with Crippen LogP contribution < -0.4 is 0 Å². The topological polar surface area (TPSA) is 43.4 Å². The summed E-state index contributed by atoms with van der Waals surface area (Å²) in [5.74, 6) is 0.149. The minimum absolute atomic E-state index is 0.0520. The van der Waals surface area contributed by atoms with Crippen molar-refractivity contribution < 1.29 is 13.4 Å². The molecule has 0 fully saturated rings. The Morgan fingerprint density at radius 2 is 1.76 bits per heavy atom. The Hall–Kier alpha value is -0.783. The molecule has 0 radical (unpaired) electrons. The number of rotatable bonds is 9. The summed E-state index contributed by atoms with van der Waals surface area (Å²) in [5, 5.41) is 0.164. The zero-order chi connectivity index (χ0) is 19.3. The third-order valence-corrected chi connectivity index (χ3v) is 11.0. The molecule has 0 aliphatic rings. The Balaban J connectivity index is 2.53. The van der Waals surface area contributed by atoms with Crippen molar-refractivity contribution >= 4 is 24.9 Å². The standard InChI is InChI=1S/C20H34O3SSi/c1-8-18(23-25(6,7)20(3,4)5)12-11-17(21)15-24(22)19-13-9-16(2)10-14-19/h9-10,13-14,18H,8,11-12,15H2,1-7H3. The highest BCUT2D eigenvalue weighted by Gasteiger charge is 2.38. The molecule has 2 unspecified atom stereocenters. The number of hydrogen-bond donors (Lipinski definition) is 0. The summed E-state index contributed by atoms with van der Waals surface area (Å²) in [7, 11) is -3.08. The smallest absolute Gasteiger partial charge is 0.192 e. The number of ketones is 1. The summed E-state index contributed by atoms with van der Waals surface area (Å²) in [6.45, 7) is 15.2. The predicted octanol–water partition coefficient (Wildman–Crippen LogP) is 5.25. The van der Waals surface area contributed by atoms with Crippen LogP contribution in [0.15, 0.2) is 29.2 Å². The van der Waals surface area contributed by atoms with Crippen molar-refractivity contribution in [2.75, 3.05) is 5.75 Å². The van der Waals surface area contributed by atoms with E-state index in [1.165, 1.54) is 0 Å². The highest BCUT2D eigenvalue weighted by Crippen LogP contribution is 2.38. The van der Waals surface area contributed by atoms with Gasteiger partial charge in [0.1, 0.15) is 5.78 Å². The van der Waals surface area contributed by atoms with E-state index in [2.05, 4.69) is 40.8 Å². The third-order valence-electron chi connectivity index (χ3n) is 5.04. The maximum Gasteiger partial charge on any atom is 0.192 e. The van der Waals surface area contributed by atoms with Gasteiger partial charge in [0, 0.05) is 17.4 Å². The summed E-state index contributed by atoms with van der Waals surface area (Å²) >= 11 is 0. The van der Waals surface area contributed by atoms with Crippen molar-refractivity contribution in [3.63, 3.8) is 0 Å². The summed E-state index contributed by atoms with van der Waals surface area (Å²) in [5.41, 5.74) is 1.13. The minimum Gasteiger partial charge on any atom is -0.414 e. The van der Waals surface area contributed by atoms with Gasteiger partial charge in [-0.05, 0) is 50.0 Å². The number of hydrogen-bond acceptors (Lipinski definition) is 3. The van der Waals surface area contributed by atoms with Gasteiger partial charge in [-0.2, -0.15) is 0 Å². The van der Waals surface area contributed by atoms with Crippen LogP contribution in [-0.4, -0.2) is 30.2 Å². The molecule has 25 heavy (non-hydrogen) atoms. The van der Waals surface area contributed by atoms with E-state index in [0.29, 0.717) is 12.8 Å². The van der Waals surface area contributed by atoms with Gasteiger partial charge in [0.2, 0.25) is 0 Å². The van der Waals surface area contributed by atoms with E-state index in [0.717, 1.165) is 16.9 Å². The molecule has 0 aliphatic carbocycles. The van der Waals surface area contributed by atoms with Crippen molar-refractivity contribution in [1.82, 2.24) is 0 Å². The lowest BCUT2D eigenvalue weighted by Gasteiger charge is -2.39. The van der Waals surface area contributed by atoms with Crippen LogP contribution in [0, 0.1) is 6.92 Å². The van der Waals surface area contributed by atoms with Gasteiger partial charge in [0.05, 0.1) is 16.6 Å². The number of Topliss-reactive ketones (excluding diaryl/α,β-unsaturated/α-hetero) is 1. The Labute approximate surface area is 157 Å². The fourth-order valence-electron chi connectivity index (χ4n) is 2.25. The Morgan fingerprint density at radius 3 is 2.24 bits per heavy atom. The van der Waals surface area contributed by atoms with E-state index < -0.39 is 19.1 Å². The highest BCUT2D eigenvalue weighted by molar-refractivity contribution is 7.85. The van der Waals surface area contributed by atoms with E-state index in [1.54, 1.807) is 0 Å². The molecule has 0 bridgehead atoms. The zero-order valence-corrected chi connectivity index (χ0v) is 18.7. The van der Waals surface area contributed by atoms with Crippen molar-refractivity contribution in [3.05, 3.63) is 29.8 Å². The SMILES string of the molecule is CCC(CCC(=O)CS(=O)c1ccc(C)cc1)O[Si](C)(C)C(C)(C)C. The molecule has 1 aromatic rings. The lowest BCUT2D eigenvalue weighted by Crippen LogP contribution is -2.44. The summed E-state index contributed by atoms with van der Waals surface area (Å²) < 4.78 is 18.7. The molecule has 0 saturated carbocycles. The second-order valence-electron chi connectivity index (χ2n) is 8.29. The molecule has 0 aliphatic heterocycles. The first kappa shape index (κ1) is 22.3. The van der Waals surface area contributed by atoms with Crippen molar-refractivity contribution in [2.45, 2.75) is 83.0 Å². The monoisotopic (exact) mass is 382 g/mol. The maximum atomic E-state index is 12.3. The van der Waals surface area contributed by atoms with E-state index in [1.807, 2.05) is 31.2 Å². The average Bonchev–Trinajstić information content (AvgIpc) is 2.50. The minimum atomic E-state index is -1.82. The lowest BCUT2D eigenvalue weighted by molar-refractivity contribution is -0.117. The Kier molecular flexibility index (Phi) is 8.23. The van der Waals surface area contributed by atoms with Crippen molar-refractivity contribution in [1.29, 1.82) is 0 Å². The molecule has 5 heteroatoms. The molecular weight excluding hydrogens is 348 g/mol. The van der Waals surface area contributed by atoms with Gasteiger partial charge >= 0.3 is 0 Å². The molecule has 0 heterocycles. The van der Waals surface area contributed by atoms with Crippen LogP contribution >= 0.6 is 0 Å². The second-order valence-corrected chi connectivity index (χ2v) is 14.5. The molecule has 1 rings (SSSR count). The van der Waals surface area contributed by atoms with E-state index in [9.17, 15) is 9.00 Å². The molecule has 2 atom stereocenters. The van der Waals surface area contributed by atoms with Gasteiger partial charge in [-0.1, -0.05) is 45.4 Å². The molecule has 0 aromatic heterocycles. The van der Waals surface area contributed by atoms with Gasteiger partial charge in [-0.25, -0.2) is 0 Å². The number of benzene rings is 1. The first-order valence-corrected chi connectivity index (χ1v) is 13.3. The largest absolute Gasteiger partial charge is 0.414 e. The molecule has 0 N–H and O–H groups in total. The Morgan fingerprint density at radius 1 is 1.20 bits per heavy atom. The molecule has 142 valence electrons. The molecule has 1 aromatic carbocycles. The number of aryl methyl sites for hydroxylation is 1. The van der Waals surface area contributed by atoms with Crippen LogP contribution in [0.3, 0.4) is 0 Å². The molecule has 3 nitrogen and oxygen atoms in total. The maximum absolute atomic E-state index is 12.3. The average molecular weight is 383 g/mol. The first-order chi connectivity index (χ1) is 11.5. The van der Waals surface area contributed by atoms with Gasteiger partial charge in [-0.3, -0.25) is 9.00 Å². The van der Waals surface area contributed by atoms with Crippen LogP contribution in [0.4, 0.5) is 0 Å². The van der Waals surface area contributed by atoms with Crippen molar-refractivity contribution in [3.8, 4) is 0 Å². The second kappa shape index (κ2) is 9.24. The van der Waals surface area contributed by atoms with Crippen LogP contribution in [0.1, 0.15) is 52.5 Å². The summed E-state index contributed by atoms with van der Waals surface area (Å²) in [6.07, 6.45) is 2.16. The predicted molar refractivity (Wildman–Crippen MR) is 109 cm³/mol. The third kappa shape index (κ3) is 7.16. The van der Waals surface area contributed by atoms with Gasteiger partial charge in [0.25, 0.3) is 0 Å². The fourth-order valence-corrected chi connectivity index (χ4v) is 4.77. The molecule has 0 amide bonds. The van der Waals surface area contributed by atoms with Crippen LogP contribution in [0.2, 0.25) is 18.1 Å². The highest BCUT2D eigenvalue weighted by atomic mass is 32.2. The van der Waals surface area contributed by atoms with E-state index >= 15 is 0 Å². The molecule has 0 spiro atoms. The normalized spacial score (nSPS) is 15.0. The van der Waals surface area contributed by atoms with Gasteiger partial charge in [-0.15, -0.1) is 0 Å². The zero-order valence-electron chi connectivity index (χ0n) is 16.8. The van der Waals surface area contributed by atoms with Crippen LogP contribution in [-0.2, 0) is 20.0 Å². The van der Waals surface area contributed by atoms with Crippen LogP contribution in [0.5, 0.6) is 0 Å². The summed E-state index contributed by atoms with van der Waals surface area (Å²) in [4.78, 5) is 13.0. The van der Waals surface area contributed by atoms with E-state index in [4.69, 9.17) is 4.43 Å². The molecular formula is C20H34O3SSi. The van der Waals surface area contributed by atoms with E-state index in [-0.39, 0.29) is 22.7 Å². The van der Waals surface area contributed by atoms with Crippen molar-refractivity contribution in [2.24, 2.45) is 0 Å². The number of carbonyl (C=O) groups excluding carboxylic acids is 1. The Bertz CT molecular complexity index is 588. The van der Waals surface area contributed by atoms with Crippen LogP contribution in [0.25, 0.3) is 0 Å². The van der Waals surface area contributed by atoms with Gasteiger partial charge in [0.15, 0.2) is 8.32 Å². The van der Waals surface area contributed by atoms with Gasteiger partial charge < -0.3 is 4.43 Å². The quantitative estimate of drug-likeness (QED) is 0.548. The summed E-state index contributed by atoms with van der Waals surface area (Å²) in [6, 6.07) is 7.54. The lowest BCUT2D eigenvalue weighted by atomic mass is 10.1. The number of carbonyl (C=O) groups is 1. The fraction of sp³-hybridized carbons (Fsp3) is 0.650.